The summed E-state index contributed by atoms with van der Waals surface area (Å²) in [7, 11) is 0. The van der Waals surface area contributed by atoms with Crippen molar-refractivity contribution in [1.29, 1.82) is 0 Å². The molecule has 0 aliphatic heterocycles. The van der Waals surface area contributed by atoms with Crippen molar-refractivity contribution < 1.29 is 143 Å². The van der Waals surface area contributed by atoms with Crippen LogP contribution >= 0.6 is 0 Å². The summed E-state index contributed by atoms with van der Waals surface area (Å²) in [5, 5.41) is 44.3. The Labute approximate surface area is 176 Å². The third-order valence-electron chi connectivity index (χ3n) is 0.549. The first-order valence-electron chi connectivity index (χ1n) is 3.32. The van der Waals surface area contributed by atoms with Gasteiger partial charge in [-0.1, -0.05) is 0 Å². The summed E-state index contributed by atoms with van der Waals surface area (Å²) in [5.74, 6) is -10.9. The number of carboxylic acid groups (broad SMARTS) is 6. The molecule has 20 heavy (non-hydrogen) atoms. The predicted octanol–water partition coefficient (Wildman–Crippen LogP) is -2.53. The van der Waals surface area contributed by atoms with Gasteiger partial charge in [0.25, 0.3) is 0 Å². The van der Waals surface area contributed by atoms with Crippen molar-refractivity contribution >= 4 is 35.8 Å². The Morgan fingerprint density at radius 1 is 0.350 bits per heavy atom. The molecular weight excluding hydrogens is 544 g/mol. The van der Waals surface area contributed by atoms with Gasteiger partial charge in [0.05, 0.1) is 0 Å². The summed E-state index contributed by atoms with van der Waals surface area (Å²) in [6.07, 6.45) is 0. The van der Waals surface area contributed by atoms with Crippen LogP contribution in [0, 0.1) is 83.5 Å². The van der Waals surface area contributed by atoms with E-state index < -0.39 is 35.8 Å². The van der Waals surface area contributed by atoms with E-state index in [1.807, 2.05) is 0 Å². The van der Waals surface area contributed by atoms with E-state index in [0.717, 1.165) is 0 Å². The standard InChI is InChI=1S/3C2H2O4.2Ce/c3*3-1(4)2(5)6;;/h3*(H,3,4)(H,5,6);;. The zero-order valence-electron chi connectivity index (χ0n) is 9.13. The first kappa shape index (κ1) is 31.8. The maximum absolute atomic E-state index is 9.10. The molecule has 0 radical (unpaired) electrons. The molecule has 0 saturated heterocycles. The number of hydrogen-bond donors (Lipinski definition) is 6. The van der Waals surface area contributed by atoms with Crippen LogP contribution in [0.5, 0.6) is 0 Å². The molecule has 0 aromatic carbocycles. The summed E-state index contributed by atoms with van der Waals surface area (Å²) >= 11 is 0. The van der Waals surface area contributed by atoms with Crippen molar-refractivity contribution in [3.63, 3.8) is 0 Å². The smallest absolute Gasteiger partial charge is 0.414 e. The quantitative estimate of drug-likeness (QED) is 0.172. The molecule has 14 heteroatoms. The summed E-state index contributed by atoms with van der Waals surface area (Å²) in [5.41, 5.74) is 0. The Morgan fingerprint density at radius 2 is 0.400 bits per heavy atom. The minimum absolute atomic E-state index is 0. The third-order valence-corrected chi connectivity index (χ3v) is 0.549. The number of rotatable bonds is 0. The average molecular weight is 550 g/mol. The Bertz CT molecular complexity index is 281. The molecule has 0 aromatic rings. The fourth-order valence-corrected chi connectivity index (χ4v) is 0. The van der Waals surface area contributed by atoms with Gasteiger partial charge in [-0.25, -0.2) is 28.8 Å². The molecule has 0 heterocycles. The van der Waals surface area contributed by atoms with Crippen LogP contribution in [0.1, 0.15) is 0 Å². The average Bonchev–Trinajstić information content (AvgIpc) is 2.18. The second-order valence-electron chi connectivity index (χ2n) is 1.83. The molecule has 0 rings (SSSR count). The topological polar surface area (TPSA) is 224 Å². The number of carboxylic acids is 6. The van der Waals surface area contributed by atoms with Crippen LogP contribution in [0.2, 0.25) is 0 Å². The maximum Gasteiger partial charge on any atom is 0.414 e. The summed E-state index contributed by atoms with van der Waals surface area (Å²) in [4.78, 5) is 54.6. The van der Waals surface area contributed by atoms with Gasteiger partial charge in [0.15, 0.2) is 0 Å². The number of hydrogen-bond acceptors (Lipinski definition) is 6. The van der Waals surface area contributed by atoms with Gasteiger partial charge >= 0.3 is 35.8 Å². The van der Waals surface area contributed by atoms with Gasteiger partial charge in [0.2, 0.25) is 0 Å². The molecule has 0 fully saturated rings. The van der Waals surface area contributed by atoms with Gasteiger partial charge in [-0.3, -0.25) is 0 Å². The fourth-order valence-electron chi connectivity index (χ4n) is 0. The van der Waals surface area contributed by atoms with Crippen molar-refractivity contribution in [2.45, 2.75) is 0 Å². The molecule has 12 nitrogen and oxygen atoms in total. The van der Waals surface area contributed by atoms with Crippen LogP contribution in [-0.4, -0.2) is 66.5 Å². The van der Waals surface area contributed by atoms with E-state index in [2.05, 4.69) is 0 Å². The van der Waals surface area contributed by atoms with Crippen LogP contribution in [0.25, 0.3) is 0 Å². The van der Waals surface area contributed by atoms with Crippen molar-refractivity contribution in [3.8, 4) is 0 Å². The molecule has 0 aromatic heterocycles. The van der Waals surface area contributed by atoms with Crippen molar-refractivity contribution in [2.24, 2.45) is 0 Å². The third kappa shape index (κ3) is 36.0. The van der Waals surface area contributed by atoms with Crippen molar-refractivity contribution in [2.75, 3.05) is 0 Å². The molecule has 0 atom stereocenters. The van der Waals surface area contributed by atoms with E-state index in [0.29, 0.717) is 0 Å². The molecule has 0 unspecified atom stereocenters. The van der Waals surface area contributed by atoms with Crippen molar-refractivity contribution in [3.05, 3.63) is 0 Å². The van der Waals surface area contributed by atoms with Gasteiger partial charge in [-0.05, 0) is 0 Å². The van der Waals surface area contributed by atoms with E-state index in [1.165, 1.54) is 0 Å². The molecular formula is C6H6Ce2O12. The first-order chi connectivity index (χ1) is 7.93. The van der Waals surface area contributed by atoms with Crippen LogP contribution in [0.15, 0.2) is 0 Å². The molecule has 0 aliphatic carbocycles. The van der Waals surface area contributed by atoms with E-state index in [-0.39, 0.29) is 83.5 Å². The molecule has 0 spiro atoms. The van der Waals surface area contributed by atoms with Gasteiger partial charge in [-0.15, -0.1) is 0 Å². The Morgan fingerprint density at radius 3 is 0.400 bits per heavy atom. The zero-order valence-corrected chi connectivity index (χ0v) is 15.4. The van der Waals surface area contributed by atoms with Gasteiger partial charge < -0.3 is 30.6 Å². The summed E-state index contributed by atoms with van der Waals surface area (Å²) in [6, 6.07) is 0. The molecule has 0 bridgehead atoms. The molecule has 0 amide bonds. The first-order valence-corrected chi connectivity index (χ1v) is 3.32. The van der Waals surface area contributed by atoms with E-state index in [1.54, 1.807) is 0 Å². The maximum atomic E-state index is 9.10. The Kier molecular flexibility index (Phi) is 29.5. The van der Waals surface area contributed by atoms with Crippen LogP contribution in [0.4, 0.5) is 0 Å². The Balaban J connectivity index is -0.0000000536. The predicted molar refractivity (Wildman–Crippen MR) is 45.8 cm³/mol. The van der Waals surface area contributed by atoms with Crippen molar-refractivity contribution in [1.82, 2.24) is 0 Å². The monoisotopic (exact) mass is 550 g/mol. The molecule has 0 aliphatic rings. The normalized spacial score (nSPS) is 6.60. The van der Waals surface area contributed by atoms with E-state index >= 15 is 0 Å². The van der Waals surface area contributed by atoms with Gasteiger partial charge in [-0.2, -0.15) is 0 Å². The minimum atomic E-state index is -1.82. The summed E-state index contributed by atoms with van der Waals surface area (Å²) < 4.78 is 0. The second-order valence-corrected chi connectivity index (χ2v) is 1.83. The second kappa shape index (κ2) is 18.6. The largest absolute Gasteiger partial charge is 0.473 e. The van der Waals surface area contributed by atoms with Crippen LogP contribution in [0.3, 0.4) is 0 Å². The number of carbonyl (C=O) groups is 6. The van der Waals surface area contributed by atoms with Crippen LogP contribution in [-0.2, 0) is 28.8 Å². The molecule has 6 N–H and O–H groups in total. The van der Waals surface area contributed by atoms with Gasteiger partial charge in [0, 0.05) is 83.5 Å². The van der Waals surface area contributed by atoms with E-state index in [4.69, 9.17) is 59.4 Å². The SMILES string of the molecule is O=C(O)C(=O)O.O=C(O)C(=O)O.O=C(O)C(=O)O.[Ce].[Ce]. The van der Waals surface area contributed by atoms with Gasteiger partial charge in [0.1, 0.15) is 0 Å². The van der Waals surface area contributed by atoms with Crippen LogP contribution < -0.4 is 0 Å². The molecule has 110 valence electrons. The number of aliphatic carboxylic acids is 6. The zero-order chi connectivity index (χ0) is 15.5. The molecule has 0 saturated carbocycles. The Hall–Kier alpha value is -0.427. The van der Waals surface area contributed by atoms with E-state index in [9.17, 15) is 0 Å². The summed E-state index contributed by atoms with van der Waals surface area (Å²) in [6.45, 7) is 0. The minimum Gasteiger partial charge on any atom is -0.473 e. The fraction of sp³-hybridized carbons (Fsp3) is 0.